The highest BCUT2D eigenvalue weighted by atomic mass is 15.1. The maximum absolute atomic E-state index is 2.53. The number of anilines is 3. The molecule has 0 heterocycles. The Balaban J connectivity index is 1.23. The smallest absolute Gasteiger partial charge is 0.0546 e. The van der Waals surface area contributed by atoms with E-state index in [4.69, 9.17) is 0 Å². The van der Waals surface area contributed by atoms with Crippen molar-refractivity contribution in [1.82, 2.24) is 0 Å². The summed E-state index contributed by atoms with van der Waals surface area (Å²) in [6.45, 7) is 4.73. The van der Waals surface area contributed by atoms with Crippen LogP contribution >= 0.6 is 0 Å². The molecule has 10 aromatic rings. The minimum absolute atomic E-state index is 0.123. The van der Waals surface area contributed by atoms with Crippen LogP contribution in [0, 0.1) is 0 Å². The van der Waals surface area contributed by atoms with E-state index >= 15 is 0 Å². The SMILES string of the molecule is CC1(C)c2ccccc2-c2c(-c3ccccc3N(c3cccc(-c4cccc5ccccc45)c3)c3cccc(-c4ccccc4)c3-c3ccccc3-c3ccccc3)cccc21. The van der Waals surface area contributed by atoms with Gasteiger partial charge in [0.1, 0.15) is 0 Å². The van der Waals surface area contributed by atoms with Gasteiger partial charge >= 0.3 is 0 Å². The predicted molar refractivity (Wildman–Crippen MR) is 263 cm³/mol. The minimum atomic E-state index is -0.123. The van der Waals surface area contributed by atoms with E-state index in [1.54, 1.807) is 0 Å². The maximum atomic E-state index is 2.53. The van der Waals surface area contributed by atoms with Crippen LogP contribution in [0.1, 0.15) is 25.0 Å². The van der Waals surface area contributed by atoms with Crippen LogP contribution in [0.25, 0.3) is 77.5 Å². The van der Waals surface area contributed by atoms with E-state index in [0.29, 0.717) is 0 Å². The van der Waals surface area contributed by atoms with Gasteiger partial charge in [0.25, 0.3) is 0 Å². The molecule has 0 saturated heterocycles. The lowest BCUT2D eigenvalue weighted by atomic mass is 9.82. The Morgan fingerprint density at radius 2 is 0.806 bits per heavy atom. The van der Waals surface area contributed by atoms with Crippen LogP contribution in [0.4, 0.5) is 17.1 Å². The zero-order valence-corrected chi connectivity index (χ0v) is 35.0. The Kier molecular flexibility index (Phi) is 9.24. The second-order valence-corrected chi connectivity index (χ2v) is 16.8. The fourth-order valence-electron chi connectivity index (χ4n) is 10.0. The summed E-state index contributed by atoms with van der Waals surface area (Å²) < 4.78 is 0. The molecule has 1 aliphatic rings. The fourth-order valence-corrected chi connectivity index (χ4v) is 10.0. The third-order valence-electron chi connectivity index (χ3n) is 12.9. The second-order valence-electron chi connectivity index (χ2n) is 16.8. The summed E-state index contributed by atoms with van der Waals surface area (Å²) >= 11 is 0. The van der Waals surface area contributed by atoms with E-state index in [2.05, 4.69) is 255 Å². The molecule has 0 saturated carbocycles. The van der Waals surface area contributed by atoms with E-state index in [1.165, 1.54) is 88.7 Å². The van der Waals surface area contributed by atoms with E-state index in [1.807, 2.05) is 0 Å². The van der Waals surface area contributed by atoms with E-state index in [-0.39, 0.29) is 5.41 Å². The van der Waals surface area contributed by atoms with E-state index < -0.39 is 0 Å². The average molecular weight is 792 g/mol. The highest BCUT2D eigenvalue weighted by Gasteiger charge is 2.37. The lowest BCUT2D eigenvalue weighted by molar-refractivity contribution is 0.660. The Morgan fingerprint density at radius 3 is 1.61 bits per heavy atom. The Labute approximate surface area is 364 Å². The summed E-state index contributed by atoms with van der Waals surface area (Å²) in [7, 11) is 0. The molecule has 0 aromatic heterocycles. The number of fused-ring (bicyclic) bond motifs is 4. The van der Waals surface area contributed by atoms with Crippen molar-refractivity contribution in [2.45, 2.75) is 19.3 Å². The van der Waals surface area contributed by atoms with E-state index in [0.717, 1.165) is 17.1 Å². The molecular weight excluding hydrogens is 747 g/mol. The van der Waals surface area contributed by atoms with Crippen LogP contribution in [-0.4, -0.2) is 0 Å². The van der Waals surface area contributed by atoms with Crippen molar-refractivity contribution in [2.75, 3.05) is 4.90 Å². The number of nitrogens with zero attached hydrogens (tertiary/aromatic N) is 1. The Bertz CT molecular complexity index is 3260. The van der Waals surface area contributed by atoms with Gasteiger partial charge in [-0.25, -0.2) is 0 Å². The molecule has 10 aromatic carbocycles. The van der Waals surface area contributed by atoms with Crippen LogP contribution in [-0.2, 0) is 5.41 Å². The van der Waals surface area contributed by atoms with Gasteiger partial charge < -0.3 is 4.90 Å². The summed E-state index contributed by atoms with van der Waals surface area (Å²) in [5.74, 6) is 0. The molecule has 0 aliphatic heterocycles. The third-order valence-corrected chi connectivity index (χ3v) is 12.9. The number of benzene rings is 10. The zero-order valence-electron chi connectivity index (χ0n) is 35.0. The lowest BCUT2D eigenvalue weighted by Crippen LogP contribution is -2.15. The molecule has 0 unspecified atom stereocenters. The molecule has 0 bridgehead atoms. The molecule has 1 heteroatoms. The molecule has 0 amide bonds. The van der Waals surface area contributed by atoms with Crippen molar-refractivity contribution < 1.29 is 0 Å². The molecule has 0 fully saturated rings. The average Bonchev–Trinajstić information content (AvgIpc) is 3.58. The van der Waals surface area contributed by atoms with Gasteiger partial charge in [0.05, 0.1) is 11.4 Å². The van der Waals surface area contributed by atoms with Crippen molar-refractivity contribution in [1.29, 1.82) is 0 Å². The highest BCUT2D eigenvalue weighted by Crippen LogP contribution is 2.55. The van der Waals surface area contributed by atoms with Crippen LogP contribution in [0.3, 0.4) is 0 Å². The van der Waals surface area contributed by atoms with Crippen molar-refractivity contribution in [3.8, 4) is 66.8 Å². The summed E-state index contributed by atoms with van der Waals surface area (Å²) in [5.41, 5.74) is 20.4. The molecule has 0 spiro atoms. The first-order valence-electron chi connectivity index (χ1n) is 21.6. The van der Waals surface area contributed by atoms with Gasteiger partial charge in [0.15, 0.2) is 0 Å². The summed E-state index contributed by atoms with van der Waals surface area (Å²) in [5, 5.41) is 2.47. The van der Waals surface area contributed by atoms with Crippen molar-refractivity contribution in [2.24, 2.45) is 0 Å². The molecule has 11 rings (SSSR count). The van der Waals surface area contributed by atoms with Gasteiger partial charge in [-0.15, -0.1) is 0 Å². The molecule has 1 nitrogen and oxygen atoms in total. The topological polar surface area (TPSA) is 3.24 Å². The lowest BCUT2D eigenvalue weighted by Gasteiger charge is -2.32. The van der Waals surface area contributed by atoms with Gasteiger partial charge in [-0.1, -0.05) is 226 Å². The first-order chi connectivity index (χ1) is 30.6. The Hall–Kier alpha value is -7.74. The number of para-hydroxylation sites is 1. The maximum Gasteiger partial charge on any atom is 0.0546 e. The second kappa shape index (κ2) is 15.4. The molecule has 0 atom stereocenters. The summed E-state index contributed by atoms with van der Waals surface area (Å²) in [6.07, 6.45) is 0. The van der Waals surface area contributed by atoms with Crippen LogP contribution < -0.4 is 4.90 Å². The minimum Gasteiger partial charge on any atom is -0.309 e. The summed E-state index contributed by atoms with van der Waals surface area (Å²) in [4.78, 5) is 2.53. The van der Waals surface area contributed by atoms with Gasteiger partial charge in [0, 0.05) is 22.2 Å². The van der Waals surface area contributed by atoms with Crippen molar-refractivity contribution in [3.63, 3.8) is 0 Å². The largest absolute Gasteiger partial charge is 0.309 e. The highest BCUT2D eigenvalue weighted by molar-refractivity contribution is 6.05. The van der Waals surface area contributed by atoms with Gasteiger partial charge in [-0.2, -0.15) is 0 Å². The monoisotopic (exact) mass is 791 g/mol. The number of hydrogen-bond acceptors (Lipinski definition) is 1. The number of rotatable bonds is 8. The number of hydrogen-bond donors (Lipinski definition) is 0. The normalized spacial score (nSPS) is 12.5. The molecule has 0 N–H and O–H groups in total. The zero-order chi connectivity index (χ0) is 41.6. The molecule has 1 aliphatic carbocycles. The summed E-state index contributed by atoms with van der Waals surface area (Å²) in [6, 6.07) is 86.8. The Morgan fingerprint density at radius 1 is 0.306 bits per heavy atom. The first kappa shape index (κ1) is 37.3. The quantitative estimate of drug-likeness (QED) is 0.148. The molecular formula is C61H45N. The first-order valence-corrected chi connectivity index (χ1v) is 21.6. The molecule has 62 heavy (non-hydrogen) atoms. The molecule has 0 radical (unpaired) electrons. The van der Waals surface area contributed by atoms with Gasteiger partial charge in [0.2, 0.25) is 0 Å². The van der Waals surface area contributed by atoms with Crippen LogP contribution in [0.15, 0.2) is 237 Å². The van der Waals surface area contributed by atoms with Crippen LogP contribution in [0.2, 0.25) is 0 Å². The third kappa shape index (κ3) is 6.25. The van der Waals surface area contributed by atoms with Gasteiger partial charge in [-0.3, -0.25) is 0 Å². The van der Waals surface area contributed by atoms with Crippen LogP contribution in [0.5, 0.6) is 0 Å². The van der Waals surface area contributed by atoms with Crippen molar-refractivity contribution in [3.05, 3.63) is 248 Å². The van der Waals surface area contributed by atoms with Gasteiger partial charge in [-0.05, 0) is 102 Å². The van der Waals surface area contributed by atoms with E-state index in [9.17, 15) is 0 Å². The molecule has 294 valence electrons. The fraction of sp³-hybridized carbons (Fsp3) is 0.0492. The standard InChI is InChI=1S/C61H45N/c1-61(2)55-37-15-13-33-54(55)59-53(36-19-38-56(59)61)51-31-14-16-39-57(51)62(46-28-17-27-45(41-46)49-34-18-26-43-25-9-10-29-47(43)49)58-40-20-35-50(44-23-7-4-8-24-44)60(58)52-32-12-11-30-48(52)42-21-5-3-6-22-42/h3-41H,1-2H3. The predicted octanol–water partition coefficient (Wildman–Crippen LogP) is 17.0. The van der Waals surface area contributed by atoms with Crippen molar-refractivity contribution >= 4 is 27.8 Å².